The SMILES string of the molecule is CCCCCc1ccc(C(=O)N2CCSC2c2cc(OC)cc(OC)c2)cc1. The predicted octanol–water partition coefficient (Wildman–Crippen LogP) is 5.32. The maximum atomic E-state index is 13.2. The van der Waals surface area contributed by atoms with Gasteiger partial charge in [-0.1, -0.05) is 31.9 Å². The number of methoxy groups -OCH3 is 2. The van der Waals surface area contributed by atoms with Gasteiger partial charge in [-0.25, -0.2) is 0 Å². The maximum Gasteiger partial charge on any atom is 0.255 e. The first kappa shape index (κ1) is 20.6. The summed E-state index contributed by atoms with van der Waals surface area (Å²) in [6.07, 6.45) is 4.75. The average Bonchev–Trinajstić information content (AvgIpc) is 3.23. The minimum absolute atomic E-state index is 0.0271. The minimum atomic E-state index is -0.0271. The zero-order chi connectivity index (χ0) is 19.9. The third-order valence-electron chi connectivity index (χ3n) is 5.08. The van der Waals surface area contributed by atoms with E-state index in [2.05, 4.69) is 19.1 Å². The van der Waals surface area contributed by atoms with Crippen molar-refractivity contribution >= 4 is 17.7 Å². The quantitative estimate of drug-likeness (QED) is 0.563. The summed E-state index contributed by atoms with van der Waals surface area (Å²) in [7, 11) is 3.29. The number of aryl methyl sites for hydroxylation is 1. The summed E-state index contributed by atoms with van der Waals surface area (Å²) >= 11 is 1.78. The summed E-state index contributed by atoms with van der Waals surface area (Å²) in [5, 5.41) is -0.0271. The molecule has 0 radical (unpaired) electrons. The van der Waals surface area contributed by atoms with Crippen LogP contribution in [0.5, 0.6) is 11.5 Å². The van der Waals surface area contributed by atoms with Gasteiger partial charge in [0.1, 0.15) is 16.9 Å². The van der Waals surface area contributed by atoms with Gasteiger partial charge in [0.15, 0.2) is 0 Å². The third-order valence-corrected chi connectivity index (χ3v) is 6.34. The molecule has 1 atom stereocenters. The number of carbonyl (C=O) groups excluding carboxylic acids is 1. The number of unbranched alkanes of at least 4 members (excludes halogenated alkanes) is 2. The first-order valence-corrected chi connectivity index (χ1v) is 11.0. The molecule has 5 heteroatoms. The highest BCUT2D eigenvalue weighted by molar-refractivity contribution is 7.99. The molecular weight excluding hydrogens is 370 g/mol. The smallest absolute Gasteiger partial charge is 0.255 e. The van der Waals surface area contributed by atoms with Crippen molar-refractivity contribution in [3.63, 3.8) is 0 Å². The molecule has 1 aliphatic heterocycles. The summed E-state index contributed by atoms with van der Waals surface area (Å²) in [5.74, 6) is 2.48. The topological polar surface area (TPSA) is 38.8 Å². The molecule has 2 aromatic carbocycles. The van der Waals surface area contributed by atoms with Gasteiger partial charge in [0.25, 0.3) is 5.91 Å². The molecule has 3 rings (SSSR count). The second-order valence-electron chi connectivity index (χ2n) is 7.02. The molecule has 4 nitrogen and oxygen atoms in total. The van der Waals surface area contributed by atoms with Crippen molar-refractivity contribution in [3.05, 3.63) is 59.2 Å². The lowest BCUT2D eigenvalue weighted by Gasteiger charge is -2.25. The van der Waals surface area contributed by atoms with Crippen LogP contribution < -0.4 is 9.47 Å². The second kappa shape index (κ2) is 9.87. The number of rotatable bonds is 8. The Labute approximate surface area is 172 Å². The lowest BCUT2D eigenvalue weighted by Crippen LogP contribution is -2.30. The Morgan fingerprint density at radius 2 is 1.75 bits per heavy atom. The molecule has 0 bridgehead atoms. The molecular formula is C23H29NO3S. The molecule has 0 saturated carbocycles. The van der Waals surface area contributed by atoms with E-state index in [1.807, 2.05) is 35.2 Å². The van der Waals surface area contributed by atoms with E-state index in [-0.39, 0.29) is 11.3 Å². The number of benzene rings is 2. The fourth-order valence-electron chi connectivity index (χ4n) is 3.49. The first-order valence-electron chi connectivity index (χ1n) is 9.90. The molecule has 1 unspecified atom stereocenters. The number of hydrogen-bond donors (Lipinski definition) is 0. The van der Waals surface area contributed by atoms with Crippen molar-refractivity contribution in [1.82, 2.24) is 4.90 Å². The van der Waals surface area contributed by atoms with Crippen LogP contribution in [-0.2, 0) is 6.42 Å². The van der Waals surface area contributed by atoms with Crippen LogP contribution >= 0.6 is 11.8 Å². The van der Waals surface area contributed by atoms with Gasteiger partial charge in [0.05, 0.1) is 14.2 Å². The Balaban J connectivity index is 1.76. The van der Waals surface area contributed by atoms with Crippen LogP contribution in [0.15, 0.2) is 42.5 Å². The number of carbonyl (C=O) groups is 1. The van der Waals surface area contributed by atoms with E-state index in [9.17, 15) is 4.79 Å². The van der Waals surface area contributed by atoms with Gasteiger partial charge in [-0.15, -0.1) is 11.8 Å². The molecule has 0 aromatic heterocycles. The van der Waals surface area contributed by atoms with Crippen molar-refractivity contribution < 1.29 is 14.3 Å². The fraction of sp³-hybridized carbons (Fsp3) is 0.435. The number of amides is 1. The Bertz CT molecular complexity index is 769. The predicted molar refractivity (Wildman–Crippen MR) is 115 cm³/mol. The minimum Gasteiger partial charge on any atom is -0.497 e. The van der Waals surface area contributed by atoms with E-state index in [0.29, 0.717) is 0 Å². The highest BCUT2D eigenvalue weighted by Gasteiger charge is 2.32. The lowest BCUT2D eigenvalue weighted by molar-refractivity contribution is 0.0760. The molecule has 0 spiro atoms. The number of nitrogens with zero attached hydrogens (tertiary/aromatic N) is 1. The van der Waals surface area contributed by atoms with Gasteiger partial charge in [0, 0.05) is 23.9 Å². The monoisotopic (exact) mass is 399 g/mol. The normalized spacial score (nSPS) is 16.2. The molecule has 1 fully saturated rings. The summed E-state index contributed by atoms with van der Waals surface area (Å²) in [6.45, 7) is 2.95. The van der Waals surface area contributed by atoms with E-state index in [1.54, 1.807) is 26.0 Å². The van der Waals surface area contributed by atoms with Crippen molar-refractivity contribution in [2.24, 2.45) is 0 Å². The van der Waals surface area contributed by atoms with Crippen LogP contribution in [0.4, 0.5) is 0 Å². The molecule has 150 valence electrons. The fourth-order valence-corrected chi connectivity index (χ4v) is 4.72. The van der Waals surface area contributed by atoms with Crippen LogP contribution in [0.2, 0.25) is 0 Å². The summed E-state index contributed by atoms with van der Waals surface area (Å²) in [6, 6.07) is 14.0. The maximum absolute atomic E-state index is 13.2. The van der Waals surface area contributed by atoms with E-state index >= 15 is 0 Å². The van der Waals surface area contributed by atoms with Gasteiger partial charge in [-0.2, -0.15) is 0 Å². The molecule has 1 heterocycles. The van der Waals surface area contributed by atoms with Crippen LogP contribution in [-0.4, -0.2) is 37.3 Å². The highest BCUT2D eigenvalue weighted by Crippen LogP contribution is 2.41. The Hall–Kier alpha value is -2.14. The lowest BCUT2D eigenvalue weighted by atomic mass is 10.0. The molecule has 2 aromatic rings. The van der Waals surface area contributed by atoms with Gasteiger partial charge in [-0.3, -0.25) is 4.79 Å². The summed E-state index contributed by atoms with van der Waals surface area (Å²) < 4.78 is 10.8. The first-order chi connectivity index (χ1) is 13.7. The van der Waals surface area contributed by atoms with Crippen LogP contribution in [0.25, 0.3) is 0 Å². The number of hydrogen-bond acceptors (Lipinski definition) is 4. The second-order valence-corrected chi connectivity index (χ2v) is 8.21. The van der Waals surface area contributed by atoms with E-state index in [1.165, 1.54) is 24.8 Å². The zero-order valence-corrected chi connectivity index (χ0v) is 17.8. The molecule has 1 amide bonds. The highest BCUT2D eigenvalue weighted by atomic mass is 32.2. The molecule has 0 aliphatic carbocycles. The van der Waals surface area contributed by atoms with Crippen LogP contribution in [0, 0.1) is 0 Å². The summed E-state index contributed by atoms with van der Waals surface area (Å²) in [5.41, 5.74) is 3.08. The van der Waals surface area contributed by atoms with Gasteiger partial charge in [0.2, 0.25) is 0 Å². The number of thioether (sulfide) groups is 1. The van der Waals surface area contributed by atoms with Crippen molar-refractivity contribution in [3.8, 4) is 11.5 Å². The van der Waals surface area contributed by atoms with Gasteiger partial charge in [-0.05, 0) is 48.2 Å². The third kappa shape index (κ3) is 4.82. The van der Waals surface area contributed by atoms with E-state index in [0.717, 1.165) is 41.3 Å². The summed E-state index contributed by atoms with van der Waals surface area (Å²) in [4.78, 5) is 15.1. The number of ether oxygens (including phenoxy) is 2. The Morgan fingerprint density at radius 3 is 2.36 bits per heavy atom. The zero-order valence-electron chi connectivity index (χ0n) is 16.9. The van der Waals surface area contributed by atoms with E-state index in [4.69, 9.17) is 9.47 Å². The molecule has 28 heavy (non-hydrogen) atoms. The molecule has 1 saturated heterocycles. The van der Waals surface area contributed by atoms with Crippen molar-refractivity contribution in [2.45, 2.75) is 38.0 Å². The molecule has 1 aliphatic rings. The van der Waals surface area contributed by atoms with Crippen molar-refractivity contribution in [2.75, 3.05) is 26.5 Å². The van der Waals surface area contributed by atoms with E-state index < -0.39 is 0 Å². The standard InChI is InChI=1S/C23H29NO3S/c1-4-5-6-7-17-8-10-18(11-9-17)22(25)24-12-13-28-23(24)19-14-20(26-2)16-21(15-19)27-3/h8-11,14-16,23H,4-7,12-13H2,1-3H3. The van der Waals surface area contributed by atoms with Crippen LogP contribution in [0.1, 0.15) is 53.0 Å². The van der Waals surface area contributed by atoms with Gasteiger partial charge >= 0.3 is 0 Å². The Morgan fingerprint density at radius 1 is 1.07 bits per heavy atom. The molecule has 0 N–H and O–H groups in total. The average molecular weight is 400 g/mol. The largest absolute Gasteiger partial charge is 0.497 e. The van der Waals surface area contributed by atoms with Gasteiger partial charge < -0.3 is 14.4 Å². The van der Waals surface area contributed by atoms with Crippen LogP contribution in [0.3, 0.4) is 0 Å². The van der Waals surface area contributed by atoms with Crippen molar-refractivity contribution in [1.29, 1.82) is 0 Å². The Kier molecular flexibility index (Phi) is 7.26.